The van der Waals surface area contributed by atoms with E-state index in [1.807, 2.05) is 24.7 Å². The van der Waals surface area contributed by atoms with Crippen molar-refractivity contribution in [2.45, 2.75) is 33.9 Å². The number of nitrogens with one attached hydrogen (secondary N) is 1. The fourth-order valence-electron chi connectivity index (χ4n) is 1.78. The van der Waals surface area contributed by atoms with E-state index in [1.54, 1.807) is 0 Å². The lowest BCUT2D eigenvalue weighted by molar-refractivity contribution is 0.364. The maximum absolute atomic E-state index is 5.27. The fourth-order valence-corrected chi connectivity index (χ4v) is 1.78. The highest BCUT2D eigenvalue weighted by atomic mass is 16.5. The van der Waals surface area contributed by atoms with Gasteiger partial charge < -0.3 is 9.84 Å². The van der Waals surface area contributed by atoms with Gasteiger partial charge in [0.1, 0.15) is 6.54 Å². The molecule has 2 aromatic rings. The third kappa shape index (κ3) is 2.39. The molecule has 0 fully saturated rings. The maximum Gasteiger partial charge on any atom is 0.158 e. The molecule has 0 aliphatic carbocycles. The van der Waals surface area contributed by atoms with Gasteiger partial charge in [-0.15, -0.1) is 0 Å². The first-order valence-electron chi connectivity index (χ1n) is 5.71. The van der Waals surface area contributed by atoms with Crippen molar-refractivity contribution in [3.05, 3.63) is 34.5 Å². The van der Waals surface area contributed by atoms with E-state index in [9.17, 15) is 0 Å². The predicted octanol–water partition coefficient (Wildman–Crippen LogP) is 1.56. The number of aromatic nitrogens is 3. The van der Waals surface area contributed by atoms with Crippen LogP contribution in [-0.4, -0.2) is 22.0 Å². The molecule has 5 nitrogen and oxygen atoms in total. The maximum atomic E-state index is 5.27. The highest BCUT2D eigenvalue weighted by molar-refractivity contribution is 5.22. The molecule has 5 heteroatoms. The van der Waals surface area contributed by atoms with Crippen LogP contribution < -0.4 is 5.32 Å². The van der Waals surface area contributed by atoms with Gasteiger partial charge in [-0.1, -0.05) is 5.16 Å². The minimum atomic E-state index is 0.636. The van der Waals surface area contributed by atoms with Gasteiger partial charge in [-0.2, -0.15) is 5.10 Å². The Balaban J connectivity index is 2.16. The molecular formula is C12H18N4O. The molecule has 0 aliphatic heterocycles. The van der Waals surface area contributed by atoms with Crippen LogP contribution in [0, 0.1) is 20.8 Å². The summed E-state index contributed by atoms with van der Waals surface area (Å²) in [7, 11) is 1.89. The van der Waals surface area contributed by atoms with Crippen LogP contribution in [0.25, 0.3) is 0 Å². The van der Waals surface area contributed by atoms with Crippen molar-refractivity contribution < 1.29 is 4.52 Å². The van der Waals surface area contributed by atoms with Crippen molar-refractivity contribution in [3.8, 4) is 0 Å². The molecule has 0 spiro atoms. The molecule has 17 heavy (non-hydrogen) atoms. The summed E-state index contributed by atoms with van der Waals surface area (Å²) in [5.41, 5.74) is 4.40. The monoisotopic (exact) mass is 234 g/mol. The van der Waals surface area contributed by atoms with Gasteiger partial charge in [0.15, 0.2) is 5.76 Å². The number of hydrogen-bond donors (Lipinski definition) is 1. The van der Waals surface area contributed by atoms with E-state index in [0.29, 0.717) is 6.54 Å². The molecule has 0 saturated carbocycles. The lowest BCUT2D eigenvalue weighted by atomic mass is 10.2. The summed E-state index contributed by atoms with van der Waals surface area (Å²) in [6.45, 7) is 7.53. The van der Waals surface area contributed by atoms with Gasteiger partial charge in [-0.3, -0.25) is 4.68 Å². The highest BCUT2D eigenvalue weighted by Gasteiger charge is 2.10. The third-order valence-corrected chi connectivity index (χ3v) is 3.01. The van der Waals surface area contributed by atoms with Gasteiger partial charge in [-0.05, 0) is 33.4 Å². The Hall–Kier alpha value is -1.62. The topological polar surface area (TPSA) is 55.9 Å². The predicted molar refractivity (Wildman–Crippen MR) is 64.8 cm³/mol. The standard InChI is InChI=1S/C12H18N4O/c1-8-9(2)14-16(10(8)3)7-12-5-11(6-13-4)15-17-12/h5,13H,6-7H2,1-4H3. The van der Waals surface area contributed by atoms with Crippen LogP contribution in [0.2, 0.25) is 0 Å². The molecule has 0 bridgehead atoms. The molecule has 0 unspecified atom stereocenters. The average molecular weight is 234 g/mol. The molecule has 1 N–H and O–H groups in total. The molecule has 0 atom stereocenters. The Morgan fingerprint density at radius 3 is 2.71 bits per heavy atom. The van der Waals surface area contributed by atoms with Crippen molar-refractivity contribution in [2.75, 3.05) is 7.05 Å². The highest BCUT2D eigenvalue weighted by Crippen LogP contribution is 2.13. The minimum Gasteiger partial charge on any atom is -0.359 e. The largest absolute Gasteiger partial charge is 0.359 e. The molecule has 2 rings (SSSR count). The summed E-state index contributed by atoms with van der Waals surface area (Å²) >= 11 is 0. The number of nitrogens with zero attached hydrogens (tertiary/aromatic N) is 3. The first-order chi connectivity index (χ1) is 8.11. The zero-order valence-corrected chi connectivity index (χ0v) is 10.7. The second kappa shape index (κ2) is 4.71. The van der Waals surface area contributed by atoms with Crippen LogP contribution in [0.5, 0.6) is 0 Å². The van der Waals surface area contributed by atoms with Crippen LogP contribution in [0.1, 0.15) is 28.4 Å². The van der Waals surface area contributed by atoms with Crippen LogP contribution in [0.4, 0.5) is 0 Å². The Labute approximate surface area is 101 Å². The number of rotatable bonds is 4. The second-order valence-electron chi connectivity index (χ2n) is 4.27. The lowest BCUT2D eigenvalue weighted by Crippen LogP contribution is -2.05. The first-order valence-corrected chi connectivity index (χ1v) is 5.71. The normalized spacial score (nSPS) is 11.1. The molecule has 2 aromatic heterocycles. The summed E-state index contributed by atoms with van der Waals surface area (Å²) < 4.78 is 7.23. The molecule has 0 aromatic carbocycles. The third-order valence-electron chi connectivity index (χ3n) is 3.01. The van der Waals surface area contributed by atoms with Crippen molar-refractivity contribution in [1.29, 1.82) is 0 Å². The van der Waals surface area contributed by atoms with Crippen molar-refractivity contribution in [3.63, 3.8) is 0 Å². The van der Waals surface area contributed by atoms with Gasteiger partial charge in [-0.25, -0.2) is 0 Å². The van der Waals surface area contributed by atoms with Gasteiger partial charge in [0.2, 0.25) is 0 Å². The summed E-state index contributed by atoms with van der Waals surface area (Å²) in [6, 6.07) is 1.96. The number of hydrogen-bond acceptors (Lipinski definition) is 4. The van der Waals surface area contributed by atoms with Gasteiger partial charge in [0, 0.05) is 18.3 Å². The zero-order chi connectivity index (χ0) is 12.4. The first kappa shape index (κ1) is 11.9. The minimum absolute atomic E-state index is 0.636. The van der Waals surface area contributed by atoms with E-state index in [-0.39, 0.29) is 0 Å². The average Bonchev–Trinajstić information content (AvgIpc) is 2.82. The summed E-state index contributed by atoms with van der Waals surface area (Å²) in [5, 5.41) is 11.5. The van der Waals surface area contributed by atoms with Gasteiger partial charge in [0.25, 0.3) is 0 Å². The van der Waals surface area contributed by atoms with E-state index in [2.05, 4.69) is 29.4 Å². The van der Waals surface area contributed by atoms with Crippen molar-refractivity contribution in [1.82, 2.24) is 20.3 Å². The van der Waals surface area contributed by atoms with E-state index in [0.717, 1.165) is 23.7 Å². The molecular weight excluding hydrogens is 216 g/mol. The molecule has 0 aliphatic rings. The Morgan fingerprint density at radius 1 is 1.35 bits per heavy atom. The molecule has 0 saturated heterocycles. The van der Waals surface area contributed by atoms with Crippen LogP contribution in [-0.2, 0) is 13.1 Å². The Bertz CT molecular complexity index is 513. The summed E-state index contributed by atoms with van der Waals surface area (Å²) in [4.78, 5) is 0. The zero-order valence-electron chi connectivity index (χ0n) is 10.7. The van der Waals surface area contributed by atoms with Crippen LogP contribution in [0.15, 0.2) is 10.6 Å². The van der Waals surface area contributed by atoms with E-state index < -0.39 is 0 Å². The second-order valence-corrected chi connectivity index (χ2v) is 4.27. The fraction of sp³-hybridized carbons (Fsp3) is 0.500. The van der Waals surface area contributed by atoms with Crippen LogP contribution >= 0.6 is 0 Å². The quantitative estimate of drug-likeness (QED) is 0.872. The summed E-state index contributed by atoms with van der Waals surface area (Å²) in [5.74, 6) is 0.834. The van der Waals surface area contributed by atoms with Crippen LogP contribution in [0.3, 0.4) is 0 Å². The smallest absolute Gasteiger partial charge is 0.158 e. The van der Waals surface area contributed by atoms with Gasteiger partial charge >= 0.3 is 0 Å². The van der Waals surface area contributed by atoms with Gasteiger partial charge in [0.05, 0.1) is 11.4 Å². The number of aryl methyl sites for hydroxylation is 1. The Kier molecular flexibility index (Phi) is 3.28. The molecule has 2 heterocycles. The van der Waals surface area contributed by atoms with Crippen molar-refractivity contribution in [2.24, 2.45) is 0 Å². The Morgan fingerprint density at radius 2 is 2.12 bits per heavy atom. The SMILES string of the molecule is CNCc1cc(Cn2nc(C)c(C)c2C)on1. The van der Waals surface area contributed by atoms with E-state index in [4.69, 9.17) is 4.52 Å². The lowest BCUT2D eigenvalue weighted by Gasteiger charge is -2.00. The molecule has 92 valence electrons. The molecule has 0 amide bonds. The van der Waals surface area contributed by atoms with E-state index in [1.165, 1.54) is 11.3 Å². The summed E-state index contributed by atoms with van der Waals surface area (Å²) in [6.07, 6.45) is 0. The molecule has 0 radical (unpaired) electrons. The van der Waals surface area contributed by atoms with E-state index >= 15 is 0 Å². The van der Waals surface area contributed by atoms with Crippen molar-refractivity contribution >= 4 is 0 Å².